The van der Waals surface area contributed by atoms with Crippen LogP contribution in [-0.2, 0) is 11.3 Å². The lowest BCUT2D eigenvalue weighted by Crippen LogP contribution is -2.23. The van der Waals surface area contributed by atoms with Crippen LogP contribution in [0.5, 0.6) is 11.5 Å². The monoisotopic (exact) mass is 410 g/mol. The van der Waals surface area contributed by atoms with Crippen LogP contribution < -0.4 is 20.3 Å². The molecular weight excluding hydrogens is 391 g/mol. The van der Waals surface area contributed by atoms with E-state index in [2.05, 4.69) is 15.3 Å². The number of aromatic nitrogens is 3. The molecule has 154 valence electrons. The van der Waals surface area contributed by atoms with Crippen molar-refractivity contribution in [2.75, 3.05) is 19.5 Å². The molecule has 0 aliphatic carbocycles. The van der Waals surface area contributed by atoms with Crippen molar-refractivity contribution >= 4 is 33.5 Å². The molecule has 0 aliphatic rings. The standard InChI is InChI=1S/C21H19FN4O4/c1-29-16-9-14-15(10-17(16)30-2)25-20-19(14)23-11-26(21(20)28)8-7-18(27)24-13-5-3-12(22)4-6-13/h3-6,9-11,25H,7-8H2,1-2H3,(H,24,27). The van der Waals surface area contributed by atoms with Crippen molar-refractivity contribution < 1.29 is 18.7 Å². The molecule has 9 heteroatoms. The summed E-state index contributed by atoms with van der Waals surface area (Å²) in [5.41, 5.74) is 1.74. The number of hydrogen-bond donors (Lipinski definition) is 2. The van der Waals surface area contributed by atoms with Gasteiger partial charge in [-0.05, 0) is 30.3 Å². The first-order chi connectivity index (χ1) is 14.5. The summed E-state index contributed by atoms with van der Waals surface area (Å²) in [5, 5.41) is 3.40. The smallest absolute Gasteiger partial charge is 0.277 e. The molecule has 8 nitrogen and oxygen atoms in total. The first kappa shape index (κ1) is 19.4. The van der Waals surface area contributed by atoms with Gasteiger partial charge in [-0.1, -0.05) is 0 Å². The molecule has 2 aromatic carbocycles. The number of carbonyl (C=O) groups excluding carboxylic acids is 1. The Morgan fingerprint density at radius 3 is 2.57 bits per heavy atom. The van der Waals surface area contributed by atoms with E-state index in [1.165, 1.54) is 49.4 Å². The third kappa shape index (κ3) is 3.57. The number of fused-ring (bicyclic) bond motifs is 3. The predicted octanol–water partition coefficient (Wildman–Crippen LogP) is 3.06. The van der Waals surface area contributed by atoms with E-state index in [4.69, 9.17) is 9.47 Å². The van der Waals surface area contributed by atoms with Gasteiger partial charge in [-0.2, -0.15) is 0 Å². The van der Waals surface area contributed by atoms with Gasteiger partial charge in [0.2, 0.25) is 5.91 Å². The SMILES string of the molecule is COc1cc2[nH]c3c(=O)n(CCC(=O)Nc4ccc(F)cc4)cnc3c2cc1OC. The van der Waals surface area contributed by atoms with Crippen molar-refractivity contribution in [3.8, 4) is 11.5 Å². The molecule has 4 rings (SSSR count). The van der Waals surface area contributed by atoms with E-state index in [9.17, 15) is 14.0 Å². The number of aryl methyl sites for hydroxylation is 1. The average Bonchev–Trinajstić information content (AvgIpc) is 3.12. The van der Waals surface area contributed by atoms with Crippen LogP contribution in [0.4, 0.5) is 10.1 Å². The van der Waals surface area contributed by atoms with E-state index in [0.717, 1.165) is 5.39 Å². The number of H-pyrrole nitrogens is 1. The molecule has 0 radical (unpaired) electrons. The van der Waals surface area contributed by atoms with Crippen LogP contribution in [0.2, 0.25) is 0 Å². The van der Waals surface area contributed by atoms with Gasteiger partial charge in [-0.25, -0.2) is 9.37 Å². The molecule has 0 aliphatic heterocycles. The lowest BCUT2D eigenvalue weighted by atomic mass is 10.2. The van der Waals surface area contributed by atoms with Crippen molar-refractivity contribution in [2.45, 2.75) is 13.0 Å². The zero-order chi connectivity index (χ0) is 21.3. The molecule has 2 aromatic heterocycles. The molecule has 0 bridgehead atoms. The largest absolute Gasteiger partial charge is 0.493 e. The van der Waals surface area contributed by atoms with Crippen molar-refractivity contribution in [1.82, 2.24) is 14.5 Å². The maximum Gasteiger partial charge on any atom is 0.277 e. The Kier molecular flexibility index (Phi) is 5.09. The second-order valence-corrected chi connectivity index (χ2v) is 6.65. The Balaban J connectivity index is 1.58. The highest BCUT2D eigenvalue weighted by Gasteiger charge is 2.15. The number of carbonyl (C=O) groups is 1. The van der Waals surface area contributed by atoms with Crippen LogP contribution in [0.25, 0.3) is 21.9 Å². The summed E-state index contributed by atoms with van der Waals surface area (Å²) in [6.07, 6.45) is 1.48. The molecule has 2 N–H and O–H groups in total. The van der Waals surface area contributed by atoms with Crippen LogP contribution in [0.3, 0.4) is 0 Å². The maximum absolute atomic E-state index is 13.0. The highest BCUT2D eigenvalue weighted by atomic mass is 19.1. The zero-order valence-electron chi connectivity index (χ0n) is 16.4. The lowest BCUT2D eigenvalue weighted by Gasteiger charge is -2.07. The number of benzene rings is 2. The van der Waals surface area contributed by atoms with Gasteiger partial charge >= 0.3 is 0 Å². The highest BCUT2D eigenvalue weighted by molar-refractivity contribution is 6.05. The van der Waals surface area contributed by atoms with E-state index in [-0.39, 0.29) is 30.2 Å². The number of ether oxygens (including phenoxy) is 2. The number of hydrogen-bond acceptors (Lipinski definition) is 5. The minimum atomic E-state index is -0.382. The maximum atomic E-state index is 13.0. The fraction of sp³-hybridized carbons (Fsp3) is 0.190. The second kappa shape index (κ2) is 7.86. The van der Waals surface area contributed by atoms with E-state index in [1.54, 1.807) is 12.1 Å². The van der Waals surface area contributed by atoms with Crippen LogP contribution in [0, 0.1) is 5.82 Å². The summed E-state index contributed by atoms with van der Waals surface area (Å²) in [5.74, 6) is 0.399. The molecule has 4 aromatic rings. The quantitative estimate of drug-likeness (QED) is 0.509. The van der Waals surface area contributed by atoms with Crippen molar-refractivity contribution in [2.24, 2.45) is 0 Å². The molecule has 0 atom stereocenters. The number of rotatable bonds is 6. The number of nitrogens with zero attached hydrogens (tertiary/aromatic N) is 2. The van der Waals surface area contributed by atoms with Gasteiger partial charge in [0.1, 0.15) is 16.9 Å². The molecule has 0 unspecified atom stereocenters. The zero-order valence-corrected chi connectivity index (χ0v) is 16.4. The summed E-state index contributed by atoms with van der Waals surface area (Å²) in [7, 11) is 3.07. The molecule has 1 amide bonds. The summed E-state index contributed by atoms with van der Waals surface area (Å²) in [4.78, 5) is 32.5. The molecule has 0 saturated carbocycles. The molecule has 0 saturated heterocycles. The molecule has 2 heterocycles. The van der Waals surface area contributed by atoms with Crippen molar-refractivity contribution in [3.05, 3.63) is 58.9 Å². The van der Waals surface area contributed by atoms with Gasteiger partial charge < -0.3 is 19.8 Å². The molecular formula is C21H19FN4O4. The first-order valence-electron chi connectivity index (χ1n) is 9.18. The van der Waals surface area contributed by atoms with E-state index >= 15 is 0 Å². The Morgan fingerprint density at radius 1 is 1.17 bits per heavy atom. The number of halogens is 1. The van der Waals surface area contributed by atoms with Gasteiger partial charge in [-0.3, -0.25) is 14.2 Å². The second-order valence-electron chi connectivity index (χ2n) is 6.65. The van der Waals surface area contributed by atoms with Crippen molar-refractivity contribution in [3.63, 3.8) is 0 Å². The van der Waals surface area contributed by atoms with Gasteiger partial charge in [-0.15, -0.1) is 0 Å². The van der Waals surface area contributed by atoms with Crippen LogP contribution in [0.15, 0.2) is 47.5 Å². The van der Waals surface area contributed by atoms with Gasteiger partial charge in [0.15, 0.2) is 11.5 Å². The Hall–Kier alpha value is -3.88. The Bertz CT molecular complexity index is 1290. The predicted molar refractivity (Wildman–Crippen MR) is 111 cm³/mol. The van der Waals surface area contributed by atoms with Crippen LogP contribution >= 0.6 is 0 Å². The Labute approximate surface area is 170 Å². The number of nitrogens with one attached hydrogen (secondary N) is 2. The summed E-state index contributed by atoms with van der Waals surface area (Å²) < 4.78 is 24.9. The molecule has 0 spiro atoms. The number of methoxy groups -OCH3 is 2. The number of anilines is 1. The normalized spacial score (nSPS) is 11.0. The van der Waals surface area contributed by atoms with Crippen LogP contribution in [0.1, 0.15) is 6.42 Å². The third-order valence-corrected chi connectivity index (χ3v) is 4.78. The molecule has 0 fully saturated rings. The minimum Gasteiger partial charge on any atom is -0.493 e. The lowest BCUT2D eigenvalue weighted by molar-refractivity contribution is -0.116. The van der Waals surface area contributed by atoms with Gasteiger partial charge in [0.05, 0.1) is 26.1 Å². The molecule has 30 heavy (non-hydrogen) atoms. The third-order valence-electron chi connectivity index (χ3n) is 4.78. The van der Waals surface area contributed by atoms with E-state index in [0.29, 0.717) is 33.7 Å². The van der Waals surface area contributed by atoms with Crippen molar-refractivity contribution in [1.29, 1.82) is 0 Å². The fourth-order valence-corrected chi connectivity index (χ4v) is 3.26. The highest BCUT2D eigenvalue weighted by Crippen LogP contribution is 2.34. The topological polar surface area (TPSA) is 98.2 Å². The van der Waals surface area contributed by atoms with Gasteiger partial charge in [0.25, 0.3) is 5.56 Å². The Morgan fingerprint density at radius 2 is 1.87 bits per heavy atom. The number of amides is 1. The van der Waals surface area contributed by atoms with Gasteiger partial charge in [0, 0.05) is 30.1 Å². The minimum absolute atomic E-state index is 0.0618. The number of aromatic amines is 1. The average molecular weight is 410 g/mol. The summed E-state index contributed by atoms with van der Waals surface area (Å²) >= 11 is 0. The summed E-state index contributed by atoms with van der Waals surface area (Å²) in [6, 6.07) is 8.98. The van der Waals surface area contributed by atoms with E-state index < -0.39 is 0 Å². The van der Waals surface area contributed by atoms with E-state index in [1.807, 2.05) is 0 Å². The fourth-order valence-electron chi connectivity index (χ4n) is 3.26. The first-order valence-corrected chi connectivity index (χ1v) is 9.18. The summed E-state index contributed by atoms with van der Waals surface area (Å²) in [6.45, 7) is 0.150. The van der Waals surface area contributed by atoms with Crippen LogP contribution in [-0.4, -0.2) is 34.7 Å².